The molecule has 1 unspecified atom stereocenters. The molecule has 0 bridgehead atoms. The number of benzene rings is 2. The molecule has 10 atom stereocenters. The topological polar surface area (TPSA) is 299 Å². The van der Waals surface area contributed by atoms with Gasteiger partial charge in [0, 0.05) is 38.0 Å². The summed E-state index contributed by atoms with van der Waals surface area (Å²) in [5.41, 5.74) is 13.0. The molecule has 0 aromatic heterocycles. The van der Waals surface area contributed by atoms with Crippen LogP contribution in [0.5, 0.6) is 0 Å². The van der Waals surface area contributed by atoms with Gasteiger partial charge in [0.2, 0.25) is 27.7 Å². The second-order valence-corrected chi connectivity index (χ2v) is 21.3. The predicted molar refractivity (Wildman–Crippen MR) is 255 cm³/mol. The number of aliphatic carboxylic acids is 1. The second-order valence-electron chi connectivity index (χ2n) is 19.3. The summed E-state index contributed by atoms with van der Waals surface area (Å²) in [7, 11) is -4.19. The SMILES string of the molecule is CC(C)CN(C[C@@H](O)[C@H](Cc1ccccc1)NC(=O)O[C@H]1CO[C@H]2OCC[C@H]21)S(=O)(=O)c1ccc(CNC(=O)[C@@H]2CCCC2C(=O)[C@H](CCCCN)NC(=O)[C@@H]2CCCN2C(=O)[C@@H](N)CC(=O)O)cc1. The van der Waals surface area contributed by atoms with Crippen LogP contribution in [0.3, 0.4) is 0 Å². The van der Waals surface area contributed by atoms with E-state index in [2.05, 4.69) is 16.0 Å². The molecule has 20 nitrogen and oxygen atoms in total. The zero-order valence-corrected chi connectivity index (χ0v) is 40.9. The summed E-state index contributed by atoms with van der Waals surface area (Å²) in [5, 5.41) is 29.4. The Morgan fingerprint density at radius 2 is 1.61 bits per heavy atom. The van der Waals surface area contributed by atoms with Crippen molar-refractivity contribution in [2.75, 3.05) is 39.4 Å². The molecule has 0 radical (unpaired) electrons. The third-order valence-electron chi connectivity index (χ3n) is 13.7. The van der Waals surface area contributed by atoms with E-state index < -0.39 is 94.8 Å². The van der Waals surface area contributed by atoms with Crippen LogP contribution in [0.25, 0.3) is 0 Å². The molecule has 3 saturated heterocycles. The number of aliphatic hydroxyl groups is 1. The van der Waals surface area contributed by atoms with E-state index in [0.717, 1.165) is 5.56 Å². The van der Waals surface area contributed by atoms with Gasteiger partial charge in [-0.05, 0) is 93.5 Å². The van der Waals surface area contributed by atoms with Crippen LogP contribution in [-0.2, 0) is 61.2 Å². The number of ketones is 1. The molecule has 4 fully saturated rings. The lowest BCUT2D eigenvalue weighted by Gasteiger charge is -2.31. The fraction of sp³-hybridized carbons (Fsp3) is 0.633. The van der Waals surface area contributed by atoms with Gasteiger partial charge in [0.25, 0.3) is 0 Å². The number of carboxylic acid groups (broad SMARTS) is 1. The molecule has 21 heteroatoms. The number of carbonyl (C=O) groups excluding carboxylic acids is 5. The first-order valence-electron chi connectivity index (χ1n) is 24.6. The highest BCUT2D eigenvalue weighted by atomic mass is 32.2. The monoisotopic (exact) mass is 997 g/mol. The lowest BCUT2D eigenvalue weighted by atomic mass is 9.86. The summed E-state index contributed by atoms with van der Waals surface area (Å²) >= 11 is 0. The average molecular weight is 998 g/mol. The number of nitrogens with zero attached hydrogens (tertiary/aromatic N) is 2. The van der Waals surface area contributed by atoms with E-state index in [1.165, 1.54) is 21.3 Å². The summed E-state index contributed by atoms with van der Waals surface area (Å²) in [6.45, 7) is 4.80. The number of carbonyl (C=O) groups is 6. The number of amides is 4. The van der Waals surface area contributed by atoms with Gasteiger partial charge >= 0.3 is 12.1 Å². The molecule has 1 aliphatic carbocycles. The van der Waals surface area contributed by atoms with Gasteiger partial charge in [0.1, 0.15) is 12.1 Å². The Hall–Kier alpha value is -5.03. The van der Waals surface area contributed by atoms with Gasteiger partial charge in [-0.2, -0.15) is 4.31 Å². The van der Waals surface area contributed by atoms with E-state index >= 15 is 0 Å². The molecule has 4 aliphatic rings. The van der Waals surface area contributed by atoms with Crippen LogP contribution in [0.15, 0.2) is 59.5 Å². The van der Waals surface area contributed by atoms with Crippen molar-refractivity contribution in [3.05, 3.63) is 65.7 Å². The molecule has 2 aromatic rings. The van der Waals surface area contributed by atoms with Crippen molar-refractivity contribution in [1.29, 1.82) is 0 Å². The number of unbranched alkanes of at least 4 members (excludes halogenated alkanes) is 1. The van der Waals surface area contributed by atoms with E-state index in [1.807, 2.05) is 44.2 Å². The van der Waals surface area contributed by atoms with Crippen LogP contribution in [0.4, 0.5) is 4.79 Å². The molecular formula is C49H71N7O13S. The quantitative estimate of drug-likeness (QED) is 0.0698. The van der Waals surface area contributed by atoms with E-state index in [-0.39, 0.29) is 74.0 Å². The number of ether oxygens (including phenoxy) is 3. The first-order chi connectivity index (χ1) is 33.5. The van der Waals surface area contributed by atoms with Gasteiger partial charge in [-0.25, -0.2) is 13.2 Å². The average Bonchev–Trinajstić information content (AvgIpc) is 4.17. The molecule has 1 saturated carbocycles. The highest BCUT2D eigenvalue weighted by Crippen LogP contribution is 2.35. The Kier molecular flexibility index (Phi) is 19.7. The smallest absolute Gasteiger partial charge is 0.407 e. The van der Waals surface area contributed by atoms with Gasteiger partial charge in [0.15, 0.2) is 12.1 Å². The Bertz CT molecular complexity index is 2220. The Labute approximate surface area is 409 Å². The summed E-state index contributed by atoms with van der Waals surface area (Å²) in [6.07, 6.45) is 0.988. The fourth-order valence-corrected chi connectivity index (χ4v) is 11.6. The maximum Gasteiger partial charge on any atom is 0.407 e. The van der Waals surface area contributed by atoms with Crippen LogP contribution in [-0.4, -0.2) is 145 Å². The van der Waals surface area contributed by atoms with Crippen molar-refractivity contribution in [2.45, 2.75) is 139 Å². The molecule has 6 rings (SSSR count). The zero-order valence-electron chi connectivity index (χ0n) is 40.1. The number of hydrogen-bond acceptors (Lipinski definition) is 14. The number of sulfonamides is 1. The number of fused-ring (bicyclic) bond motifs is 1. The second kappa shape index (κ2) is 25.4. The van der Waals surface area contributed by atoms with Crippen LogP contribution < -0.4 is 27.4 Å². The number of likely N-dealkylation sites (tertiary alicyclic amines) is 1. The van der Waals surface area contributed by atoms with Gasteiger partial charge in [-0.15, -0.1) is 0 Å². The van der Waals surface area contributed by atoms with Crippen molar-refractivity contribution >= 4 is 45.6 Å². The highest BCUT2D eigenvalue weighted by molar-refractivity contribution is 7.89. The first-order valence-corrected chi connectivity index (χ1v) is 26.0. The minimum absolute atomic E-state index is 0.0330. The third kappa shape index (κ3) is 14.3. The van der Waals surface area contributed by atoms with E-state index in [4.69, 9.17) is 30.8 Å². The van der Waals surface area contributed by atoms with Crippen LogP contribution in [0, 0.1) is 23.7 Å². The number of carboxylic acids is 1. The van der Waals surface area contributed by atoms with E-state index in [0.29, 0.717) is 70.1 Å². The Morgan fingerprint density at radius 3 is 2.31 bits per heavy atom. The lowest BCUT2D eigenvalue weighted by Crippen LogP contribution is -2.55. The number of hydrogen-bond donors (Lipinski definition) is 7. The van der Waals surface area contributed by atoms with Gasteiger partial charge in [0.05, 0.1) is 54.7 Å². The molecule has 2 aromatic carbocycles. The number of aliphatic hydroxyl groups excluding tert-OH is 1. The van der Waals surface area contributed by atoms with Crippen molar-refractivity contribution in [3.8, 4) is 0 Å². The van der Waals surface area contributed by atoms with Crippen molar-refractivity contribution in [1.82, 2.24) is 25.2 Å². The van der Waals surface area contributed by atoms with E-state index in [9.17, 15) is 42.3 Å². The maximum absolute atomic E-state index is 14.3. The highest BCUT2D eigenvalue weighted by Gasteiger charge is 2.45. The number of Topliss-reactive ketones (excluding diaryl/α,β-unsaturated/α-hetero) is 1. The molecular weight excluding hydrogens is 927 g/mol. The molecule has 0 spiro atoms. The normalized spacial score (nSPS) is 23.9. The Morgan fingerprint density at radius 1 is 0.886 bits per heavy atom. The van der Waals surface area contributed by atoms with Gasteiger partial charge in [-0.1, -0.05) is 62.7 Å². The number of alkyl carbamates (subject to hydrolysis) is 1. The molecule has 70 heavy (non-hydrogen) atoms. The first kappa shape index (κ1) is 54.3. The van der Waals surface area contributed by atoms with Gasteiger partial charge < -0.3 is 56.7 Å². The predicted octanol–water partition coefficient (Wildman–Crippen LogP) is 1.80. The molecule has 3 heterocycles. The fourth-order valence-electron chi connectivity index (χ4n) is 9.99. The Balaban J connectivity index is 1.07. The molecule has 386 valence electrons. The summed E-state index contributed by atoms with van der Waals surface area (Å²) in [6, 6.07) is 11.2. The number of nitrogens with one attached hydrogen (secondary N) is 3. The minimum atomic E-state index is -4.19. The largest absolute Gasteiger partial charge is 0.481 e. The zero-order chi connectivity index (χ0) is 50.5. The standard InChI is InChI=1S/C49H71N7O13S/c1-30(2)27-55(28-41(57)39(24-31-10-4-3-5-11-31)54-49(64)69-42-29-68-48-36(42)20-23-67-48)70(65,66)33-18-16-32(17-19-33)26-52-45(61)35-13-8-12-34(35)44(60)38(14-6-7-21-50)53-46(62)40-15-9-22-56(40)47(63)37(51)25-43(58)59/h3-5,10-11,16-19,30,34-42,48,57H,6-9,12-15,20-29,50-51H2,1-2H3,(H,52,61)(H,53,62)(H,54,64)(H,58,59)/t34?,35-,36+,37+,38+,39+,40+,41-,42+,48-/m1/s1. The van der Waals surface area contributed by atoms with Crippen LogP contribution in [0.2, 0.25) is 0 Å². The third-order valence-corrected chi connectivity index (χ3v) is 15.5. The summed E-state index contributed by atoms with van der Waals surface area (Å²) in [4.78, 5) is 80.4. The van der Waals surface area contributed by atoms with Gasteiger partial charge in [-0.3, -0.25) is 24.0 Å². The lowest BCUT2D eigenvalue weighted by molar-refractivity contribution is -0.144. The number of nitrogens with two attached hydrogens (primary N) is 2. The van der Waals surface area contributed by atoms with E-state index in [1.54, 1.807) is 12.1 Å². The van der Waals surface area contributed by atoms with Crippen molar-refractivity contribution in [3.63, 3.8) is 0 Å². The molecule has 9 N–H and O–H groups in total. The maximum atomic E-state index is 14.3. The summed E-state index contributed by atoms with van der Waals surface area (Å²) in [5.74, 6) is -4.65. The molecule has 3 aliphatic heterocycles. The van der Waals surface area contributed by atoms with Crippen LogP contribution >= 0.6 is 0 Å². The summed E-state index contributed by atoms with van der Waals surface area (Å²) < 4.78 is 46.7. The minimum Gasteiger partial charge on any atom is -0.481 e. The van der Waals surface area contributed by atoms with Crippen LogP contribution in [0.1, 0.15) is 89.2 Å². The number of rotatable bonds is 25. The van der Waals surface area contributed by atoms with Crippen molar-refractivity contribution < 1.29 is 61.6 Å². The van der Waals surface area contributed by atoms with Crippen molar-refractivity contribution in [2.24, 2.45) is 35.1 Å². The molecule has 4 amide bonds.